The summed E-state index contributed by atoms with van der Waals surface area (Å²) in [6, 6.07) is 9.09. The van der Waals surface area contributed by atoms with Gasteiger partial charge in [-0.25, -0.2) is 9.97 Å². The summed E-state index contributed by atoms with van der Waals surface area (Å²) in [5.41, 5.74) is 2.68. The van der Waals surface area contributed by atoms with E-state index in [9.17, 15) is 19.2 Å². The molecule has 14 heteroatoms. The van der Waals surface area contributed by atoms with E-state index in [-0.39, 0.29) is 41.3 Å². The molecule has 4 aromatic rings. The molecule has 2 amide bonds. The van der Waals surface area contributed by atoms with Gasteiger partial charge in [0.2, 0.25) is 17.8 Å². The average Bonchev–Trinajstić information content (AvgIpc) is 3.67. The number of anilines is 3. The van der Waals surface area contributed by atoms with Crippen LogP contribution in [0.3, 0.4) is 0 Å². The highest BCUT2D eigenvalue weighted by Crippen LogP contribution is 2.32. The number of carbonyl (C=O) groups is 3. The Morgan fingerprint density at radius 2 is 1.71 bits per heavy atom. The van der Waals surface area contributed by atoms with Gasteiger partial charge in [0.1, 0.15) is 11.5 Å². The summed E-state index contributed by atoms with van der Waals surface area (Å²) in [6.45, 7) is 5.34. The Kier molecular flexibility index (Phi) is 10.6. The van der Waals surface area contributed by atoms with Crippen molar-refractivity contribution in [3.05, 3.63) is 75.8 Å². The number of methoxy groups -OCH3 is 2. The largest absolute Gasteiger partial charge is 0.493 e. The SMILES string of the molecule is COc1ccc(/C=C/C(=O)NCC(=O)N2CCN(c3ccc(Nc4ncc5c(C)c(C(C)=O)c(=O)n(C6CCCC6)c5n4)nc3)CC2)cc1OC. The first-order valence-electron chi connectivity index (χ1n) is 17.0. The van der Waals surface area contributed by atoms with Crippen molar-refractivity contribution in [1.29, 1.82) is 0 Å². The van der Waals surface area contributed by atoms with E-state index >= 15 is 0 Å². The van der Waals surface area contributed by atoms with Gasteiger partial charge >= 0.3 is 0 Å². The molecule has 0 unspecified atom stereocenters. The molecule has 2 aliphatic rings. The van der Waals surface area contributed by atoms with Crippen LogP contribution < -0.4 is 30.6 Å². The van der Waals surface area contributed by atoms with Gasteiger partial charge in [0.05, 0.1) is 38.2 Å². The molecule has 14 nitrogen and oxygen atoms in total. The van der Waals surface area contributed by atoms with Crippen molar-refractivity contribution >= 4 is 52.2 Å². The van der Waals surface area contributed by atoms with Crippen molar-refractivity contribution in [2.24, 2.45) is 0 Å². The predicted octanol–water partition coefficient (Wildman–Crippen LogP) is 4.05. The molecule has 1 aliphatic heterocycles. The van der Waals surface area contributed by atoms with Gasteiger partial charge < -0.3 is 29.9 Å². The Hall–Kier alpha value is -5.79. The second kappa shape index (κ2) is 15.4. The number of amides is 2. The van der Waals surface area contributed by atoms with E-state index in [4.69, 9.17) is 14.5 Å². The van der Waals surface area contributed by atoms with Crippen molar-refractivity contribution in [1.82, 2.24) is 29.7 Å². The molecule has 2 N–H and O–H groups in total. The number of ketones is 1. The fraction of sp³-hybridized carbons (Fsp3) is 0.378. The number of fused-ring (bicyclic) bond motifs is 1. The zero-order chi connectivity index (χ0) is 36.1. The van der Waals surface area contributed by atoms with Gasteiger partial charge in [-0.3, -0.25) is 23.7 Å². The van der Waals surface area contributed by atoms with Crippen LogP contribution in [0.15, 0.2) is 53.6 Å². The number of pyridine rings is 2. The molecule has 1 saturated carbocycles. The lowest BCUT2D eigenvalue weighted by Gasteiger charge is -2.36. The maximum Gasteiger partial charge on any atom is 0.263 e. The number of ether oxygens (including phenoxy) is 2. The summed E-state index contributed by atoms with van der Waals surface area (Å²) in [7, 11) is 3.10. The molecule has 0 radical (unpaired) electrons. The minimum atomic E-state index is -0.369. The van der Waals surface area contributed by atoms with Gasteiger partial charge in [-0.05, 0) is 68.2 Å². The number of carbonyl (C=O) groups excluding carboxylic acids is 3. The van der Waals surface area contributed by atoms with Crippen molar-refractivity contribution in [2.45, 2.75) is 45.6 Å². The average molecular weight is 695 g/mol. The number of nitrogens with one attached hydrogen (secondary N) is 2. The van der Waals surface area contributed by atoms with Gasteiger partial charge in [-0.1, -0.05) is 18.9 Å². The van der Waals surface area contributed by atoms with E-state index in [0.717, 1.165) is 36.9 Å². The Labute approximate surface area is 295 Å². The molecule has 1 aromatic carbocycles. The quantitative estimate of drug-likeness (QED) is 0.172. The zero-order valence-corrected chi connectivity index (χ0v) is 29.3. The maximum absolute atomic E-state index is 13.5. The molecule has 2 fully saturated rings. The number of nitrogens with zero attached hydrogens (tertiary/aromatic N) is 6. The Bertz CT molecular complexity index is 2030. The summed E-state index contributed by atoms with van der Waals surface area (Å²) >= 11 is 0. The first-order valence-corrected chi connectivity index (χ1v) is 17.0. The molecular weight excluding hydrogens is 652 g/mol. The van der Waals surface area contributed by atoms with Gasteiger partial charge in [0.15, 0.2) is 17.3 Å². The van der Waals surface area contributed by atoms with Crippen LogP contribution in [0.2, 0.25) is 0 Å². The second-order valence-corrected chi connectivity index (χ2v) is 12.7. The Balaban J connectivity index is 1.03. The number of hydrogen-bond acceptors (Lipinski definition) is 11. The normalized spacial score (nSPS) is 15.0. The van der Waals surface area contributed by atoms with Crippen LogP contribution in [0.1, 0.15) is 60.1 Å². The Morgan fingerprint density at radius 3 is 2.37 bits per heavy atom. The third-order valence-electron chi connectivity index (χ3n) is 9.48. The molecule has 3 aromatic heterocycles. The van der Waals surface area contributed by atoms with Gasteiger partial charge in [0.25, 0.3) is 5.56 Å². The molecular formula is C37H42N8O6. The van der Waals surface area contributed by atoms with Crippen LogP contribution in [-0.4, -0.2) is 89.0 Å². The van der Waals surface area contributed by atoms with E-state index in [1.54, 1.807) is 67.3 Å². The third kappa shape index (κ3) is 7.69. The van der Waals surface area contributed by atoms with E-state index in [0.29, 0.717) is 66.0 Å². The summed E-state index contributed by atoms with van der Waals surface area (Å²) < 4.78 is 12.2. The van der Waals surface area contributed by atoms with Crippen LogP contribution in [-0.2, 0) is 9.59 Å². The Morgan fingerprint density at radius 1 is 0.961 bits per heavy atom. The monoisotopic (exact) mass is 694 g/mol. The smallest absolute Gasteiger partial charge is 0.263 e. The van der Waals surface area contributed by atoms with Crippen LogP contribution in [0.5, 0.6) is 11.5 Å². The van der Waals surface area contributed by atoms with Gasteiger partial charge in [-0.15, -0.1) is 0 Å². The molecule has 266 valence electrons. The van der Waals surface area contributed by atoms with Crippen molar-refractivity contribution < 1.29 is 23.9 Å². The van der Waals surface area contributed by atoms with E-state index < -0.39 is 0 Å². The highest BCUT2D eigenvalue weighted by molar-refractivity contribution is 5.99. The van der Waals surface area contributed by atoms with Gasteiger partial charge in [-0.2, -0.15) is 4.98 Å². The minimum Gasteiger partial charge on any atom is -0.493 e. The minimum absolute atomic E-state index is 0.00765. The van der Waals surface area contributed by atoms with Crippen LogP contribution in [0, 0.1) is 6.92 Å². The standard InChI is InChI=1S/C37H42N8O6/c1-23-28-21-40-37(42-35(28)45(26-7-5-6-8-26)36(49)34(23)24(2)46)41-31-13-11-27(20-38-31)43-15-17-44(18-16-43)33(48)22-39-32(47)14-10-25-9-12-29(50-3)30(19-25)51-4/h9-14,19-21,26H,5-8,15-18,22H2,1-4H3,(H,39,47)(H,38,40,41,42)/b14-10+. The number of aromatic nitrogens is 4. The molecule has 0 atom stereocenters. The second-order valence-electron chi connectivity index (χ2n) is 12.7. The number of rotatable bonds is 11. The molecule has 0 bridgehead atoms. The molecule has 1 aliphatic carbocycles. The summed E-state index contributed by atoms with van der Waals surface area (Å²) in [5, 5.41) is 6.51. The number of hydrogen-bond donors (Lipinski definition) is 2. The van der Waals surface area contributed by atoms with E-state index in [1.165, 1.54) is 13.0 Å². The van der Waals surface area contributed by atoms with E-state index in [2.05, 4.69) is 25.5 Å². The van der Waals surface area contributed by atoms with E-state index in [1.807, 2.05) is 12.1 Å². The summed E-state index contributed by atoms with van der Waals surface area (Å²) in [6.07, 6.45) is 10.2. The molecule has 0 spiro atoms. The molecule has 1 saturated heterocycles. The summed E-state index contributed by atoms with van der Waals surface area (Å²) in [4.78, 5) is 68.8. The van der Waals surface area contributed by atoms with Gasteiger partial charge in [0, 0.05) is 49.9 Å². The lowest BCUT2D eigenvalue weighted by Crippen LogP contribution is -2.51. The van der Waals surface area contributed by atoms with Crippen LogP contribution >= 0.6 is 0 Å². The number of benzene rings is 1. The third-order valence-corrected chi connectivity index (χ3v) is 9.48. The van der Waals surface area contributed by atoms with Crippen LogP contribution in [0.4, 0.5) is 17.5 Å². The molecule has 4 heterocycles. The first-order chi connectivity index (χ1) is 24.7. The fourth-order valence-corrected chi connectivity index (χ4v) is 6.75. The van der Waals surface area contributed by atoms with Crippen molar-refractivity contribution in [2.75, 3.05) is 57.2 Å². The summed E-state index contributed by atoms with van der Waals surface area (Å²) in [5.74, 6) is 1.22. The zero-order valence-electron chi connectivity index (χ0n) is 29.3. The topological polar surface area (TPSA) is 161 Å². The molecule has 6 rings (SSSR count). The highest BCUT2D eigenvalue weighted by atomic mass is 16.5. The molecule has 51 heavy (non-hydrogen) atoms. The fourth-order valence-electron chi connectivity index (χ4n) is 6.75. The number of piperazine rings is 1. The lowest BCUT2D eigenvalue weighted by atomic mass is 10.0. The predicted molar refractivity (Wildman–Crippen MR) is 194 cm³/mol. The van der Waals surface area contributed by atoms with Crippen molar-refractivity contribution in [3.8, 4) is 11.5 Å². The number of aryl methyl sites for hydroxylation is 1. The van der Waals surface area contributed by atoms with Crippen molar-refractivity contribution in [3.63, 3.8) is 0 Å². The maximum atomic E-state index is 13.5. The highest BCUT2D eigenvalue weighted by Gasteiger charge is 2.26. The van der Waals surface area contributed by atoms with Crippen LogP contribution in [0.25, 0.3) is 17.1 Å². The first kappa shape index (κ1) is 35.1. The number of Topliss-reactive ketones (excluding diaryl/α,β-unsaturated/α-hetero) is 1. The lowest BCUT2D eigenvalue weighted by molar-refractivity contribution is -0.132.